The van der Waals surface area contributed by atoms with Crippen LogP contribution in [0.4, 0.5) is 0 Å². The fourth-order valence-electron chi connectivity index (χ4n) is 1.89. The van der Waals surface area contributed by atoms with Crippen molar-refractivity contribution in [1.82, 2.24) is 10.3 Å². The van der Waals surface area contributed by atoms with Crippen molar-refractivity contribution < 1.29 is 5.11 Å². The van der Waals surface area contributed by atoms with Gasteiger partial charge in [-0.3, -0.25) is 4.98 Å². The van der Waals surface area contributed by atoms with Gasteiger partial charge < -0.3 is 15.8 Å². The zero-order chi connectivity index (χ0) is 13.7. The van der Waals surface area contributed by atoms with Crippen LogP contribution in [0.25, 0.3) is 11.3 Å². The van der Waals surface area contributed by atoms with Gasteiger partial charge in [-0.25, -0.2) is 0 Å². The predicted molar refractivity (Wildman–Crippen MR) is 77.0 cm³/mol. The summed E-state index contributed by atoms with van der Waals surface area (Å²) in [5.41, 5.74) is 3.44. The van der Waals surface area contributed by atoms with Crippen LogP contribution in [0.1, 0.15) is 11.1 Å². The van der Waals surface area contributed by atoms with E-state index in [1.165, 1.54) is 6.21 Å². The van der Waals surface area contributed by atoms with E-state index in [0.29, 0.717) is 0 Å². The second kappa shape index (κ2) is 5.82. The molecule has 19 heavy (non-hydrogen) atoms. The lowest BCUT2D eigenvalue weighted by atomic mass is 10.0. The van der Waals surface area contributed by atoms with Crippen LogP contribution in [-0.2, 0) is 0 Å². The van der Waals surface area contributed by atoms with Gasteiger partial charge in [-0.05, 0) is 47.5 Å². The second-order valence-corrected chi connectivity index (χ2v) is 3.97. The van der Waals surface area contributed by atoms with E-state index < -0.39 is 0 Å². The molecule has 4 heteroatoms. The summed E-state index contributed by atoms with van der Waals surface area (Å²) in [4.78, 5) is 3.98. The summed E-state index contributed by atoms with van der Waals surface area (Å²) in [7, 11) is 1.81. The van der Waals surface area contributed by atoms with Gasteiger partial charge in [0.15, 0.2) is 0 Å². The lowest BCUT2D eigenvalue weighted by molar-refractivity contribution is 0.475. The fourth-order valence-corrected chi connectivity index (χ4v) is 1.89. The Balaban J connectivity index is 2.56. The molecular formula is C15H15N3O. The Morgan fingerprint density at radius 2 is 1.74 bits per heavy atom. The van der Waals surface area contributed by atoms with Gasteiger partial charge in [0.25, 0.3) is 0 Å². The van der Waals surface area contributed by atoms with E-state index in [1.54, 1.807) is 24.5 Å². The Morgan fingerprint density at radius 1 is 1.11 bits per heavy atom. The van der Waals surface area contributed by atoms with Crippen LogP contribution in [0, 0.1) is 5.41 Å². The molecule has 1 aromatic heterocycles. The number of pyridine rings is 1. The van der Waals surface area contributed by atoms with Gasteiger partial charge in [-0.15, -0.1) is 0 Å². The molecule has 0 aliphatic carbocycles. The summed E-state index contributed by atoms with van der Waals surface area (Å²) in [6, 6.07) is 10.6. The van der Waals surface area contributed by atoms with Crippen molar-refractivity contribution in [3.63, 3.8) is 0 Å². The summed E-state index contributed by atoms with van der Waals surface area (Å²) in [6.07, 6.45) is 4.71. The maximum Gasteiger partial charge on any atom is 0.115 e. The van der Waals surface area contributed by atoms with E-state index in [0.717, 1.165) is 22.4 Å². The van der Waals surface area contributed by atoms with Gasteiger partial charge in [0, 0.05) is 31.2 Å². The number of nitrogens with zero attached hydrogens (tertiary/aromatic N) is 1. The van der Waals surface area contributed by atoms with Gasteiger partial charge in [0.05, 0.1) is 5.70 Å². The van der Waals surface area contributed by atoms with Gasteiger partial charge in [-0.2, -0.15) is 0 Å². The minimum atomic E-state index is 0.222. The molecule has 1 aromatic carbocycles. The maximum atomic E-state index is 9.33. The van der Waals surface area contributed by atoms with Crippen LogP contribution in [-0.4, -0.2) is 23.4 Å². The van der Waals surface area contributed by atoms with Crippen LogP contribution < -0.4 is 5.32 Å². The quantitative estimate of drug-likeness (QED) is 0.733. The smallest absolute Gasteiger partial charge is 0.115 e. The molecule has 3 N–H and O–H groups in total. The average Bonchev–Trinajstić information content (AvgIpc) is 2.47. The molecule has 0 unspecified atom stereocenters. The molecule has 0 amide bonds. The Labute approximate surface area is 112 Å². The Bertz CT molecular complexity index is 589. The van der Waals surface area contributed by atoms with Crippen LogP contribution in [0.15, 0.2) is 48.8 Å². The summed E-state index contributed by atoms with van der Waals surface area (Å²) < 4.78 is 0. The highest BCUT2D eigenvalue weighted by Crippen LogP contribution is 2.23. The zero-order valence-electron chi connectivity index (χ0n) is 10.6. The Hall–Kier alpha value is -2.62. The van der Waals surface area contributed by atoms with Crippen molar-refractivity contribution in [3.8, 4) is 5.75 Å². The summed E-state index contributed by atoms with van der Waals surface area (Å²) >= 11 is 0. The number of phenolic OH excluding ortho intramolecular Hbond substituents is 1. The van der Waals surface area contributed by atoms with Crippen LogP contribution in [0.3, 0.4) is 0 Å². The third kappa shape index (κ3) is 2.80. The summed E-state index contributed by atoms with van der Waals surface area (Å²) in [5, 5.41) is 20.1. The topological polar surface area (TPSA) is 69.0 Å². The first-order valence-corrected chi connectivity index (χ1v) is 5.88. The van der Waals surface area contributed by atoms with E-state index >= 15 is 0 Å². The van der Waals surface area contributed by atoms with Gasteiger partial charge >= 0.3 is 0 Å². The molecule has 0 radical (unpaired) electrons. The van der Waals surface area contributed by atoms with E-state index in [1.807, 2.05) is 31.3 Å². The molecule has 0 aliphatic rings. The first-order valence-electron chi connectivity index (χ1n) is 5.88. The number of hydrogen-bond acceptors (Lipinski definition) is 4. The average molecular weight is 253 g/mol. The number of rotatable bonds is 4. The van der Waals surface area contributed by atoms with Crippen LogP contribution in [0.2, 0.25) is 0 Å². The molecule has 0 aliphatic heterocycles. The van der Waals surface area contributed by atoms with E-state index in [4.69, 9.17) is 5.41 Å². The number of nitrogens with one attached hydrogen (secondary N) is 2. The van der Waals surface area contributed by atoms with Crippen LogP contribution >= 0.6 is 0 Å². The van der Waals surface area contributed by atoms with E-state index in [2.05, 4.69) is 10.3 Å². The lowest BCUT2D eigenvalue weighted by Crippen LogP contribution is -2.08. The van der Waals surface area contributed by atoms with Gasteiger partial charge in [-0.1, -0.05) is 0 Å². The fraction of sp³-hybridized carbons (Fsp3) is 0.0667. The van der Waals surface area contributed by atoms with Crippen molar-refractivity contribution in [1.29, 1.82) is 5.41 Å². The minimum Gasteiger partial charge on any atom is -0.508 e. The summed E-state index contributed by atoms with van der Waals surface area (Å²) in [5.74, 6) is 0.222. The number of hydrogen-bond donors (Lipinski definition) is 3. The molecule has 4 nitrogen and oxygen atoms in total. The molecule has 1 heterocycles. The third-order valence-corrected chi connectivity index (χ3v) is 2.81. The van der Waals surface area contributed by atoms with E-state index in [9.17, 15) is 5.11 Å². The zero-order valence-corrected chi connectivity index (χ0v) is 10.6. The highest BCUT2D eigenvalue weighted by atomic mass is 16.3. The monoisotopic (exact) mass is 253 g/mol. The molecule has 96 valence electrons. The SMILES string of the molecule is CN/C(=C(\C=N)c1ccncc1)c1ccc(O)cc1. The number of allylic oxidation sites excluding steroid dienone is 1. The highest BCUT2D eigenvalue weighted by molar-refractivity contribution is 6.17. The van der Waals surface area contributed by atoms with Gasteiger partial charge in [0.2, 0.25) is 0 Å². The van der Waals surface area contributed by atoms with Crippen molar-refractivity contribution >= 4 is 17.5 Å². The summed E-state index contributed by atoms with van der Waals surface area (Å²) in [6.45, 7) is 0. The molecule has 0 atom stereocenters. The minimum absolute atomic E-state index is 0.222. The molecule has 0 spiro atoms. The molecular weight excluding hydrogens is 238 g/mol. The largest absolute Gasteiger partial charge is 0.508 e. The van der Waals surface area contributed by atoms with Crippen molar-refractivity contribution in [3.05, 3.63) is 59.9 Å². The number of aromatic nitrogens is 1. The third-order valence-electron chi connectivity index (χ3n) is 2.81. The van der Waals surface area contributed by atoms with E-state index in [-0.39, 0.29) is 5.75 Å². The predicted octanol–water partition coefficient (Wildman–Crippen LogP) is 2.52. The van der Waals surface area contributed by atoms with Crippen molar-refractivity contribution in [2.24, 2.45) is 0 Å². The van der Waals surface area contributed by atoms with Gasteiger partial charge in [0.1, 0.15) is 5.75 Å². The standard InChI is InChI=1S/C15H15N3O/c1-17-15(12-2-4-13(19)5-3-12)14(10-16)11-6-8-18-9-7-11/h2-10,16-17,19H,1H3/b15-14+,16-10?. The molecule has 0 saturated heterocycles. The molecule has 0 fully saturated rings. The van der Waals surface area contributed by atoms with Crippen molar-refractivity contribution in [2.75, 3.05) is 7.05 Å². The molecule has 2 rings (SSSR count). The Kier molecular flexibility index (Phi) is 3.93. The first-order chi connectivity index (χ1) is 9.26. The normalized spacial score (nSPS) is 11.6. The molecule has 0 saturated carbocycles. The van der Waals surface area contributed by atoms with Crippen LogP contribution in [0.5, 0.6) is 5.75 Å². The second-order valence-electron chi connectivity index (χ2n) is 3.97. The van der Waals surface area contributed by atoms with Crippen molar-refractivity contribution in [2.45, 2.75) is 0 Å². The maximum absolute atomic E-state index is 9.33. The lowest BCUT2D eigenvalue weighted by Gasteiger charge is -2.12. The molecule has 2 aromatic rings. The molecule has 0 bridgehead atoms. The number of benzene rings is 1. The number of aromatic hydroxyl groups is 1. The number of phenols is 1. The Morgan fingerprint density at radius 3 is 2.26 bits per heavy atom. The highest BCUT2D eigenvalue weighted by Gasteiger charge is 2.08. The first kappa shape index (κ1) is 12.8.